The summed E-state index contributed by atoms with van der Waals surface area (Å²) >= 11 is 1.50. The molecule has 26 heavy (non-hydrogen) atoms. The molecule has 0 saturated heterocycles. The number of hydrogen-bond acceptors (Lipinski definition) is 5. The molecule has 0 aliphatic heterocycles. The van der Waals surface area contributed by atoms with Gasteiger partial charge in [0.2, 0.25) is 0 Å². The molecule has 4 aromatic rings. The Morgan fingerprint density at radius 1 is 1.04 bits per heavy atom. The molecule has 2 heterocycles. The van der Waals surface area contributed by atoms with Gasteiger partial charge in [0, 0.05) is 10.9 Å². The number of benzene rings is 2. The maximum Gasteiger partial charge on any atom is 0.195 e. The van der Waals surface area contributed by atoms with Crippen LogP contribution in [0.15, 0.2) is 53.9 Å². The van der Waals surface area contributed by atoms with Gasteiger partial charge in [0.15, 0.2) is 11.2 Å². The molecule has 130 valence electrons. The topological polar surface area (TPSA) is 52.8 Å². The molecular weight excluding hydrogens is 348 g/mol. The van der Waals surface area contributed by atoms with E-state index in [2.05, 4.69) is 4.98 Å². The normalized spacial score (nSPS) is 10.8. The minimum Gasteiger partial charge on any atom is -0.497 e. The standard InChI is InChI=1S/C20H16N2O3S/c1-24-14-9-7-13(8-10-14)17-12-26-20-21-19(16(11-23)22(17)20)15-5-3-4-6-18(15)25-2/h3-12H,1-2H3. The number of fused-ring (bicyclic) bond motifs is 1. The molecule has 0 aliphatic carbocycles. The number of imidazole rings is 1. The number of rotatable bonds is 5. The van der Waals surface area contributed by atoms with Crippen molar-refractivity contribution in [2.24, 2.45) is 0 Å². The second-order valence-corrected chi connectivity index (χ2v) is 6.47. The van der Waals surface area contributed by atoms with Crippen molar-refractivity contribution in [3.05, 3.63) is 59.6 Å². The number of aromatic nitrogens is 2. The first kappa shape index (κ1) is 16.4. The Labute approximate surface area is 154 Å². The Morgan fingerprint density at radius 2 is 1.81 bits per heavy atom. The first-order valence-electron chi connectivity index (χ1n) is 7.99. The Kier molecular flexibility index (Phi) is 4.18. The molecule has 0 bridgehead atoms. The minimum atomic E-state index is 0.511. The van der Waals surface area contributed by atoms with E-state index in [4.69, 9.17) is 9.47 Å². The molecule has 0 aliphatic rings. The van der Waals surface area contributed by atoms with Gasteiger partial charge < -0.3 is 9.47 Å². The zero-order valence-corrected chi connectivity index (χ0v) is 15.1. The lowest BCUT2D eigenvalue weighted by atomic mass is 10.1. The first-order chi connectivity index (χ1) is 12.8. The van der Waals surface area contributed by atoms with Crippen molar-refractivity contribution in [1.29, 1.82) is 0 Å². The summed E-state index contributed by atoms with van der Waals surface area (Å²) in [7, 11) is 3.25. The van der Waals surface area contributed by atoms with E-state index < -0.39 is 0 Å². The number of ether oxygens (including phenoxy) is 2. The fourth-order valence-electron chi connectivity index (χ4n) is 2.99. The van der Waals surface area contributed by atoms with Gasteiger partial charge in [-0.2, -0.15) is 0 Å². The fraction of sp³-hybridized carbons (Fsp3) is 0.100. The van der Waals surface area contributed by atoms with Crippen molar-refractivity contribution < 1.29 is 14.3 Å². The first-order valence-corrected chi connectivity index (χ1v) is 8.87. The molecule has 0 N–H and O–H groups in total. The molecule has 0 atom stereocenters. The summed E-state index contributed by atoms with van der Waals surface area (Å²) in [5.74, 6) is 1.48. The van der Waals surface area contributed by atoms with Crippen molar-refractivity contribution in [2.75, 3.05) is 14.2 Å². The predicted octanol–water partition coefficient (Wildman–Crippen LogP) is 4.56. The second-order valence-electron chi connectivity index (χ2n) is 5.63. The fourth-order valence-corrected chi connectivity index (χ4v) is 3.90. The van der Waals surface area contributed by atoms with Gasteiger partial charge in [-0.25, -0.2) is 4.98 Å². The summed E-state index contributed by atoms with van der Waals surface area (Å²) < 4.78 is 12.5. The molecule has 0 radical (unpaired) electrons. The summed E-state index contributed by atoms with van der Waals surface area (Å²) in [6, 6.07) is 15.3. The monoisotopic (exact) mass is 364 g/mol. The van der Waals surface area contributed by atoms with Crippen LogP contribution in [0.5, 0.6) is 11.5 Å². The van der Waals surface area contributed by atoms with E-state index in [-0.39, 0.29) is 0 Å². The summed E-state index contributed by atoms with van der Waals surface area (Å²) in [5, 5.41) is 2.00. The molecule has 0 amide bonds. The van der Waals surface area contributed by atoms with Crippen LogP contribution in [0.25, 0.3) is 27.5 Å². The molecule has 2 aromatic heterocycles. The SMILES string of the molecule is COc1ccc(-c2csc3nc(-c4ccccc4OC)c(C=O)n23)cc1. The molecule has 0 spiro atoms. The highest BCUT2D eigenvalue weighted by Gasteiger charge is 2.20. The Bertz CT molecular complexity index is 1080. The summed E-state index contributed by atoms with van der Waals surface area (Å²) in [5.41, 5.74) is 3.84. The third-order valence-electron chi connectivity index (χ3n) is 4.26. The second kappa shape index (κ2) is 6.65. The van der Waals surface area contributed by atoms with Crippen molar-refractivity contribution in [3.8, 4) is 34.0 Å². The van der Waals surface area contributed by atoms with E-state index in [0.717, 1.165) is 33.8 Å². The molecule has 6 heteroatoms. The third kappa shape index (κ3) is 2.55. The highest BCUT2D eigenvalue weighted by molar-refractivity contribution is 7.15. The average molecular weight is 364 g/mol. The molecule has 0 unspecified atom stereocenters. The van der Waals surface area contributed by atoms with Crippen LogP contribution in [0.2, 0.25) is 0 Å². The van der Waals surface area contributed by atoms with Gasteiger partial charge in [-0.1, -0.05) is 12.1 Å². The number of nitrogens with zero attached hydrogens (tertiary/aromatic N) is 2. The molecular formula is C20H16N2O3S. The average Bonchev–Trinajstić information content (AvgIpc) is 3.27. The summed E-state index contributed by atoms with van der Waals surface area (Å²) in [6.45, 7) is 0. The number of para-hydroxylation sites is 1. The van der Waals surface area contributed by atoms with Crippen LogP contribution in [0, 0.1) is 0 Å². The third-order valence-corrected chi connectivity index (χ3v) is 5.08. The van der Waals surface area contributed by atoms with Gasteiger partial charge in [-0.3, -0.25) is 9.20 Å². The molecule has 0 saturated carbocycles. The lowest BCUT2D eigenvalue weighted by molar-refractivity contribution is 0.111. The number of thiazole rings is 1. The number of aldehydes is 1. The Morgan fingerprint density at radius 3 is 2.50 bits per heavy atom. The van der Waals surface area contributed by atoms with E-state index in [1.807, 2.05) is 58.3 Å². The highest BCUT2D eigenvalue weighted by atomic mass is 32.1. The van der Waals surface area contributed by atoms with E-state index in [1.165, 1.54) is 11.3 Å². The maximum absolute atomic E-state index is 11.9. The molecule has 4 rings (SSSR count). The van der Waals surface area contributed by atoms with Gasteiger partial charge in [0.25, 0.3) is 0 Å². The predicted molar refractivity (Wildman–Crippen MR) is 102 cm³/mol. The highest BCUT2D eigenvalue weighted by Crippen LogP contribution is 2.36. The zero-order valence-electron chi connectivity index (χ0n) is 14.3. The van der Waals surface area contributed by atoms with Gasteiger partial charge in [0.1, 0.15) is 22.9 Å². The largest absolute Gasteiger partial charge is 0.497 e. The summed E-state index contributed by atoms with van der Waals surface area (Å²) in [6.07, 6.45) is 0.849. The van der Waals surface area contributed by atoms with Crippen LogP contribution in [-0.4, -0.2) is 29.9 Å². The lowest BCUT2D eigenvalue weighted by Crippen LogP contribution is -1.95. The maximum atomic E-state index is 11.9. The molecule has 5 nitrogen and oxygen atoms in total. The van der Waals surface area contributed by atoms with Gasteiger partial charge >= 0.3 is 0 Å². The van der Waals surface area contributed by atoms with Crippen molar-refractivity contribution in [3.63, 3.8) is 0 Å². The van der Waals surface area contributed by atoms with E-state index in [1.54, 1.807) is 14.2 Å². The van der Waals surface area contributed by atoms with Crippen LogP contribution in [0.3, 0.4) is 0 Å². The lowest BCUT2D eigenvalue weighted by Gasteiger charge is -2.07. The number of carbonyl (C=O) groups excluding carboxylic acids is 1. The van der Waals surface area contributed by atoms with Crippen LogP contribution >= 0.6 is 11.3 Å². The minimum absolute atomic E-state index is 0.511. The smallest absolute Gasteiger partial charge is 0.195 e. The van der Waals surface area contributed by atoms with Gasteiger partial charge in [-0.15, -0.1) is 11.3 Å². The van der Waals surface area contributed by atoms with Crippen LogP contribution < -0.4 is 9.47 Å². The molecule has 0 fully saturated rings. The number of carbonyl (C=O) groups is 1. The van der Waals surface area contributed by atoms with E-state index >= 15 is 0 Å². The Balaban J connectivity index is 1.93. The van der Waals surface area contributed by atoms with Gasteiger partial charge in [0.05, 0.1) is 19.9 Å². The van der Waals surface area contributed by atoms with Crippen molar-refractivity contribution >= 4 is 22.6 Å². The summed E-state index contributed by atoms with van der Waals surface area (Å²) in [4.78, 5) is 17.4. The van der Waals surface area contributed by atoms with Crippen molar-refractivity contribution in [2.45, 2.75) is 0 Å². The van der Waals surface area contributed by atoms with Crippen LogP contribution in [0.1, 0.15) is 10.5 Å². The van der Waals surface area contributed by atoms with Crippen LogP contribution in [-0.2, 0) is 0 Å². The zero-order chi connectivity index (χ0) is 18.1. The Hall–Kier alpha value is -3.12. The number of methoxy groups -OCH3 is 2. The van der Waals surface area contributed by atoms with Gasteiger partial charge in [-0.05, 0) is 42.0 Å². The van der Waals surface area contributed by atoms with E-state index in [0.29, 0.717) is 17.1 Å². The van der Waals surface area contributed by atoms with E-state index in [9.17, 15) is 4.79 Å². The molecule has 2 aromatic carbocycles. The van der Waals surface area contributed by atoms with Crippen LogP contribution in [0.4, 0.5) is 0 Å². The quantitative estimate of drug-likeness (QED) is 0.487. The van der Waals surface area contributed by atoms with Crippen molar-refractivity contribution in [1.82, 2.24) is 9.38 Å². The number of hydrogen-bond donors (Lipinski definition) is 0.